The fourth-order valence-electron chi connectivity index (χ4n) is 6.04. The van der Waals surface area contributed by atoms with Gasteiger partial charge in [-0.05, 0) is 49.3 Å². The molecule has 0 unspecified atom stereocenters. The number of hydrogen-bond donors (Lipinski definition) is 7. The van der Waals surface area contributed by atoms with Gasteiger partial charge in [0.25, 0.3) is 0 Å². The molecule has 2 aromatic rings. The zero-order valence-electron chi connectivity index (χ0n) is 28.8. The van der Waals surface area contributed by atoms with Gasteiger partial charge in [0.1, 0.15) is 23.9 Å². The summed E-state index contributed by atoms with van der Waals surface area (Å²) in [6.45, 7) is 8.97. The Labute approximate surface area is 279 Å². The summed E-state index contributed by atoms with van der Waals surface area (Å²) in [5.41, 5.74) is 6.06. The average Bonchev–Trinajstić information content (AvgIpc) is 3.52. The fourth-order valence-corrected chi connectivity index (χ4v) is 6.04. The minimum absolute atomic E-state index is 0.00566. The summed E-state index contributed by atoms with van der Waals surface area (Å²) in [6, 6.07) is 4.34. The monoisotopic (exact) mass is 656 g/mol. The number of H-pyrrole nitrogens is 1. The largest absolute Gasteiger partial charge is 0.497 e. The second-order valence-electron chi connectivity index (χ2n) is 14.8. The van der Waals surface area contributed by atoms with E-state index in [9.17, 15) is 24.6 Å². The summed E-state index contributed by atoms with van der Waals surface area (Å²) < 4.78 is 5.25. The molecule has 0 radical (unpaired) electrons. The topological polar surface area (TPSA) is 192 Å². The van der Waals surface area contributed by atoms with Crippen LogP contribution in [0, 0.1) is 11.3 Å². The van der Waals surface area contributed by atoms with E-state index >= 15 is 0 Å². The van der Waals surface area contributed by atoms with Crippen LogP contribution in [0.2, 0.25) is 0 Å². The van der Waals surface area contributed by atoms with Crippen LogP contribution in [0.4, 0.5) is 0 Å². The van der Waals surface area contributed by atoms with Gasteiger partial charge in [0.15, 0.2) is 0 Å². The number of imidazole rings is 1. The van der Waals surface area contributed by atoms with Crippen molar-refractivity contribution >= 4 is 17.7 Å². The Morgan fingerprint density at radius 2 is 1.57 bits per heavy atom. The van der Waals surface area contributed by atoms with E-state index < -0.39 is 59.0 Å². The predicted octanol–water partition coefficient (Wildman–Crippen LogP) is 2.52. The van der Waals surface area contributed by atoms with Crippen LogP contribution < -0.4 is 26.4 Å². The van der Waals surface area contributed by atoms with E-state index in [1.54, 1.807) is 39.3 Å². The Hall–Kier alpha value is -3.48. The SMILES string of the molecule is COc1ccc(C[C@H](NC(=O)CC(C)(C)N)C(=O)N[C@@H](Cc2cnc[nH]2)C(=O)N[C@@H](CC2CCCCC2)[C@@H](O)[C@@H](O)C(C)(C)C)cc1. The number of aliphatic hydroxyl groups is 2. The molecule has 0 spiro atoms. The van der Waals surface area contributed by atoms with Crippen LogP contribution in [0.25, 0.3) is 0 Å². The van der Waals surface area contributed by atoms with Crippen molar-refractivity contribution in [3.63, 3.8) is 0 Å². The van der Waals surface area contributed by atoms with Gasteiger partial charge in [-0.25, -0.2) is 4.98 Å². The lowest BCUT2D eigenvalue weighted by Crippen LogP contribution is -2.59. The molecule has 12 heteroatoms. The van der Waals surface area contributed by atoms with E-state index in [0.717, 1.165) is 37.7 Å². The quantitative estimate of drug-likeness (QED) is 0.143. The van der Waals surface area contributed by atoms with Gasteiger partial charge < -0.3 is 41.6 Å². The van der Waals surface area contributed by atoms with Gasteiger partial charge in [-0.15, -0.1) is 0 Å². The molecule has 3 amide bonds. The second kappa shape index (κ2) is 17.1. The molecule has 1 aromatic heterocycles. The summed E-state index contributed by atoms with van der Waals surface area (Å²) in [4.78, 5) is 47.9. The van der Waals surface area contributed by atoms with Gasteiger partial charge in [-0.2, -0.15) is 0 Å². The van der Waals surface area contributed by atoms with Crippen LogP contribution in [-0.2, 0) is 27.2 Å². The number of methoxy groups -OCH3 is 1. The molecule has 1 aliphatic rings. The van der Waals surface area contributed by atoms with Crippen LogP contribution in [-0.4, -0.2) is 80.9 Å². The molecule has 0 saturated heterocycles. The highest BCUT2D eigenvalue weighted by Crippen LogP contribution is 2.31. The lowest BCUT2D eigenvalue weighted by Gasteiger charge is -2.37. The molecule has 8 N–H and O–H groups in total. The van der Waals surface area contributed by atoms with Gasteiger partial charge in [0.05, 0.1) is 25.6 Å². The smallest absolute Gasteiger partial charge is 0.243 e. The van der Waals surface area contributed by atoms with E-state index in [1.807, 2.05) is 32.9 Å². The molecular weight excluding hydrogens is 600 g/mol. The van der Waals surface area contributed by atoms with Gasteiger partial charge in [-0.3, -0.25) is 14.4 Å². The molecule has 262 valence electrons. The average molecular weight is 657 g/mol. The zero-order valence-corrected chi connectivity index (χ0v) is 28.8. The summed E-state index contributed by atoms with van der Waals surface area (Å²) in [5.74, 6) is -0.504. The molecule has 1 heterocycles. The van der Waals surface area contributed by atoms with Crippen molar-refractivity contribution < 1.29 is 29.3 Å². The molecule has 1 fully saturated rings. The van der Waals surface area contributed by atoms with Crippen LogP contribution >= 0.6 is 0 Å². The van der Waals surface area contributed by atoms with E-state index in [4.69, 9.17) is 10.5 Å². The summed E-state index contributed by atoms with van der Waals surface area (Å²) in [6.07, 6.45) is 6.83. The highest BCUT2D eigenvalue weighted by atomic mass is 16.5. The number of rotatable bonds is 16. The zero-order chi connectivity index (χ0) is 34.8. The minimum Gasteiger partial charge on any atom is -0.497 e. The van der Waals surface area contributed by atoms with E-state index in [-0.39, 0.29) is 19.3 Å². The van der Waals surface area contributed by atoms with Gasteiger partial charge in [0.2, 0.25) is 17.7 Å². The maximum atomic E-state index is 14.0. The Balaban J connectivity index is 1.87. The Bertz CT molecular complexity index is 1260. The number of amides is 3. The molecule has 3 rings (SSSR count). The van der Waals surface area contributed by atoms with Crippen molar-refractivity contribution in [2.24, 2.45) is 17.1 Å². The van der Waals surface area contributed by atoms with Gasteiger partial charge >= 0.3 is 0 Å². The number of benzene rings is 1. The minimum atomic E-state index is -1.22. The van der Waals surface area contributed by atoms with Crippen LogP contribution in [0.3, 0.4) is 0 Å². The molecular formula is C35H56N6O6. The standard InChI is InChI=1S/C35H56N6O6/c1-34(2,3)31(44)30(43)26(16-22-10-8-7-9-11-22)40-33(46)28(18-24-20-37-21-38-24)41-32(45)27(39-29(42)19-35(4,5)36)17-23-12-14-25(47-6)15-13-23/h12-15,20-22,26-28,30-31,43-44H,7-11,16-19,36H2,1-6H3,(H,37,38)(H,39,42)(H,40,46)(H,41,45)/t26-,27-,28-,30+,31+/m0/s1. The number of aromatic nitrogens is 2. The first-order chi connectivity index (χ1) is 22.1. The van der Waals surface area contributed by atoms with Crippen LogP contribution in [0.5, 0.6) is 5.75 Å². The van der Waals surface area contributed by atoms with Crippen molar-refractivity contribution in [2.45, 2.75) is 128 Å². The molecule has 1 aliphatic carbocycles. The van der Waals surface area contributed by atoms with Crippen molar-refractivity contribution in [1.82, 2.24) is 25.9 Å². The lowest BCUT2D eigenvalue weighted by atomic mass is 9.79. The summed E-state index contributed by atoms with van der Waals surface area (Å²) >= 11 is 0. The van der Waals surface area contributed by atoms with E-state index in [0.29, 0.717) is 23.8 Å². The first-order valence-corrected chi connectivity index (χ1v) is 16.7. The second-order valence-corrected chi connectivity index (χ2v) is 14.8. The third kappa shape index (κ3) is 12.6. The van der Waals surface area contributed by atoms with Crippen molar-refractivity contribution in [3.8, 4) is 5.75 Å². The lowest BCUT2D eigenvalue weighted by molar-refractivity contribution is -0.133. The number of nitrogens with one attached hydrogen (secondary N) is 4. The van der Waals surface area contributed by atoms with Gasteiger partial charge in [-0.1, -0.05) is 65.0 Å². The number of aliphatic hydroxyl groups excluding tert-OH is 2. The number of aromatic amines is 1. The third-order valence-electron chi connectivity index (χ3n) is 8.74. The molecule has 1 saturated carbocycles. The number of carbonyl (C=O) groups is 3. The number of carbonyl (C=O) groups excluding carboxylic acids is 3. The molecule has 12 nitrogen and oxygen atoms in total. The Morgan fingerprint density at radius 3 is 2.13 bits per heavy atom. The normalized spacial score (nSPS) is 17.6. The number of ether oxygens (including phenoxy) is 1. The summed E-state index contributed by atoms with van der Waals surface area (Å²) in [7, 11) is 1.56. The Kier molecular flexibility index (Phi) is 13.8. The molecule has 0 bridgehead atoms. The third-order valence-corrected chi connectivity index (χ3v) is 8.74. The highest BCUT2D eigenvalue weighted by Gasteiger charge is 2.38. The van der Waals surface area contributed by atoms with Crippen LogP contribution in [0.15, 0.2) is 36.8 Å². The summed E-state index contributed by atoms with van der Waals surface area (Å²) in [5, 5.41) is 31.1. The maximum Gasteiger partial charge on any atom is 0.243 e. The molecule has 5 atom stereocenters. The number of hydrogen-bond acceptors (Lipinski definition) is 8. The van der Waals surface area contributed by atoms with E-state index in [2.05, 4.69) is 25.9 Å². The Morgan fingerprint density at radius 1 is 0.957 bits per heavy atom. The number of nitrogens with two attached hydrogens (primary N) is 1. The molecule has 47 heavy (non-hydrogen) atoms. The first kappa shape index (κ1) is 38.0. The molecule has 1 aromatic carbocycles. The van der Waals surface area contributed by atoms with Gasteiger partial charge in [0, 0.05) is 36.7 Å². The van der Waals surface area contributed by atoms with Crippen molar-refractivity contribution in [2.75, 3.05) is 7.11 Å². The van der Waals surface area contributed by atoms with Crippen molar-refractivity contribution in [1.29, 1.82) is 0 Å². The fraction of sp³-hybridized carbons (Fsp3) is 0.657. The highest BCUT2D eigenvalue weighted by molar-refractivity contribution is 5.92. The van der Waals surface area contributed by atoms with E-state index in [1.165, 1.54) is 6.33 Å². The number of nitrogens with zero attached hydrogens (tertiary/aromatic N) is 1. The van der Waals surface area contributed by atoms with Crippen molar-refractivity contribution in [3.05, 3.63) is 48.0 Å². The first-order valence-electron chi connectivity index (χ1n) is 16.7. The maximum absolute atomic E-state index is 14.0. The molecule has 0 aliphatic heterocycles. The predicted molar refractivity (Wildman–Crippen MR) is 180 cm³/mol. The van der Waals surface area contributed by atoms with Crippen LogP contribution in [0.1, 0.15) is 90.8 Å².